The van der Waals surface area contributed by atoms with E-state index in [1.54, 1.807) is 0 Å². The fourth-order valence-electron chi connectivity index (χ4n) is 1.90. The van der Waals surface area contributed by atoms with Crippen LogP contribution in [0.15, 0.2) is 24.3 Å². The second kappa shape index (κ2) is 6.03. The van der Waals surface area contributed by atoms with E-state index in [0.717, 1.165) is 30.4 Å². The van der Waals surface area contributed by atoms with Gasteiger partial charge in [0.05, 0.1) is 13.2 Å². The van der Waals surface area contributed by atoms with Crippen LogP contribution in [0.25, 0.3) is 0 Å². The van der Waals surface area contributed by atoms with Crippen LogP contribution in [0.5, 0.6) is 0 Å². The fourth-order valence-corrected chi connectivity index (χ4v) is 2.09. The quantitative estimate of drug-likeness (QED) is 0.596. The lowest BCUT2D eigenvalue weighted by atomic mass is 10.0. The van der Waals surface area contributed by atoms with E-state index in [-0.39, 0.29) is 5.91 Å². The minimum absolute atomic E-state index is 0.0299. The molecule has 3 nitrogen and oxygen atoms in total. The predicted molar refractivity (Wildman–Crippen MR) is 67.1 cm³/mol. The molecule has 0 bridgehead atoms. The van der Waals surface area contributed by atoms with Crippen molar-refractivity contribution < 1.29 is 9.63 Å². The van der Waals surface area contributed by atoms with Gasteiger partial charge in [0.15, 0.2) is 0 Å². The molecule has 0 radical (unpaired) electrons. The van der Waals surface area contributed by atoms with E-state index in [4.69, 9.17) is 16.4 Å². The van der Waals surface area contributed by atoms with Gasteiger partial charge in [0.2, 0.25) is 0 Å². The monoisotopic (exact) mass is 253 g/mol. The van der Waals surface area contributed by atoms with Gasteiger partial charge in [-0.3, -0.25) is 9.63 Å². The molecule has 1 amide bonds. The highest BCUT2D eigenvalue weighted by molar-refractivity contribution is 6.17. The average Bonchev–Trinajstić information content (AvgIpc) is 2.37. The van der Waals surface area contributed by atoms with E-state index in [2.05, 4.69) is 0 Å². The van der Waals surface area contributed by atoms with E-state index in [1.165, 1.54) is 5.06 Å². The fraction of sp³-hybridized carbons (Fsp3) is 0.462. The molecular weight excluding hydrogens is 238 g/mol. The van der Waals surface area contributed by atoms with Crippen LogP contribution in [-0.4, -0.2) is 30.0 Å². The summed E-state index contributed by atoms with van der Waals surface area (Å²) in [6, 6.07) is 7.70. The highest BCUT2D eigenvalue weighted by Crippen LogP contribution is 2.18. The van der Waals surface area contributed by atoms with Gasteiger partial charge in [-0.2, -0.15) is 0 Å². The van der Waals surface area contributed by atoms with Crippen molar-refractivity contribution in [2.45, 2.75) is 19.3 Å². The number of amides is 1. The normalized spacial score (nSPS) is 14.9. The molecule has 0 saturated heterocycles. The maximum Gasteiger partial charge on any atom is 0.277 e. The summed E-state index contributed by atoms with van der Waals surface area (Å²) in [5.74, 6) is 0.609. The van der Waals surface area contributed by atoms with E-state index in [1.807, 2.05) is 24.3 Å². The largest absolute Gasteiger partial charge is 0.277 e. The van der Waals surface area contributed by atoms with Gasteiger partial charge in [-0.05, 0) is 30.9 Å². The van der Waals surface area contributed by atoms with Crippen LogP contribution >= 0.6 is 11.6 Å². The van der Waals surface area contributed by atoms with E-state index in [9.17, 15) is 4.79 Å². The summed E-state index contributed by atoms with van der Waals surface area (Å²) in [4.78, 5) is 17.5. The molecular formula is C13H16ClNO2. The second-order valence-corrected chi connectivity index (χ2v) is 4.42. The number of carbonyl (C=O) groups is 1. The van der Waals surface area contributed by atoms with Crippen LogP contribution < -0.4 is 0 Å². The van der Waals surface area contributed by atoms with E-state index in [0.29, 0.717) is 19.0 Å². The van der Waals surface area contributed by atoms with E-state index >= 15 is 0 Å². The zero-order valence-electron chi connectivity index (χ0n) is 9.69. The first-order chi connectivity index (χ1) is 8.33. The molecule has 1 aromatic rings. The van der Waals surface area contributed by atoms with Crippen molar-refractivity contribution in [2.75, 3.05) is 19.0 Å². The Balaban J connectivity index is 1.93. The number of hydrogen-bond acceptors (Lipinski definition) is 2. The first-order valence-electron chi connectivity index (χ1n) is 5.91. The molecule has 0 unspecified atom stereocenters. The van der Waals surface area contributed by atoms with Crippen LogP contribution in [0, 0.1) is 0 Å². The topological polar surface area (TPSA) is 29.5 Å². The lowest BCUT2D eigenvalue weighted by Gasteiger charge is -2.27. The molecule has 1 aliphatic heterocycles. The third-order valence-electron chi connectivity index (χ3n) is 2.83. The van der Waals surface area contributed by atoms with Gasteiger partial charge in [0.1, 0.15) is 0 Å². The van der Waals surface area contributed by atoms with Gasteiger partial charge in [-0.25, -0.2) is 5.06 Å². The molecule has 0 aliphatic carbocycles. The Morgan fingerprint density at radius 3 is 2.94 bits per heavy atom. The molecule has 4 heteroatoms. The van der Waals surface area contributed by atoms with Gasteiger partial charge in [0, 0.05) is 11.4 Å². The minimum Gasteiger partial charge on any atom is -0.271 e. The van der Waals surface area contributed by atoms with Crippen molar-refractivity contribution in [3.8, 4) is 0 Å². The highest BCUT2D eigenvalue weighted by atomic mass is 35.5. The van der Waals surface area contributed by atoms with E-state index < -0.39 is 0 Å². The summed E-state index contributed by atoms with van der Waals surface area (Å²) in [6.07, 6.45) is 2.66. The van der Waals surface area contributed by atoms with Crippen molar-refractivity contribution in [3.63, 3.8) is 0 Å². The van der Waals surface area contributed by atoms with Gasteiger partial charge in [0.25, 0.3) is 5.91 Å². The van der Waals surface area contributed by atoms with Crippen molar-refractivity contribution in [3.05, 3.63) is 35.4 Å². The van der Waals surface area contributed by atoms with Crippen LogP contribution in [0.4, 0.5) is 0 Å². The number of halogens is 1. The lowest BCUT2D eigenvalue weighted by Crippen LogP contribution is -2.37. The van der Waals surface area contributed by atoms with Crippen molar-refractivity contribution >= 4 is 17.5 Å². The molecule has 1 heterocycles. The number of alkyl halides is 1. The second-order valence-electron chi connectivity index (χ2n) is 4.04. The zero-order valence-corrected chi connectivity index (χ0v) is 10.4. The number of carbonyl (C=O) groups excluding carboxylic acids is 1. The minimum atomic E-state index is -0.0299. The SMILES string of the molecule is O=C1c2ccccc2CCN1OCCCCCl. The molecule has 0 spiro atoms. The molecule has 0 N–H and O–H groups in total. The maximum absolute atomic E-state index is 12.1. The molecule has 1 aromatic carbocycles. The Hall–Kier alpha value is -1.06. The Kier molecular flexibility index (Phi) is 4.40. The highest BCUT2D eigenvalue weighted by Gasteiger charge is 2.24. The number of hydroxylamine groups is 2. The molecule has 0 aromatic heterocycles. The van der Waals surface area contributed by atoms with Crippen LogP contribution in [0.2, 0.25) is 0 Å². The summed E-state index contributed by atoms with van der Waals surface area (Å²) in [5.41, 5.74) is 1.87. The molecule has 92 valence electrons. The summed E-state index contributed by atoms with van der Waals surface area (Å²) >= 11 is 5.58. The predicted octanol–water partition coefficient (Wildman–Crippen LogP) is 2.64. The van der Waals surface area contributed by atoms with Crippen molar-refractivity contribution in [2.24, 2.45) is 0 Å². The first kappa shape index (κ1) is 12.4. The summed E-state index contributed by atoms with van der Waals surface area (Å²) in [5, 5.41) is 1.47. The number of unbranched alkanes of at least 4 members (excludes halogenated alkanes) is 1. The Bertz CT molecular complexity index is 395. The number of rotatable bonds is 5. The van der Waals surface area contributed by atoms with Gasteiger partial charge < -0.3 is 0 Å². The third kappa shape index (κ3) is 2.99. The standard InChI is InChI=1S/C13H16ClNO2/c14-8-3-4-10-17-15-9-7-11-5-1-2-6-12(11)13(15)16/h1-2,5-6H,3-4,7-10H2. The third-order valence-corrected chi connectivity index (χ3v) is 3.10. The lowest BCUT2D eigenvalue weighted by molar-refractivity contribution is -0.125. The number of nitrogens with zero attached hydrogens (tertiary/aromatic N) is 1. The van der Waals surface area contributed by atoms with Crippen LogP contribution in [-0.2, 0) is 11.3 Å². The van der Waals surface area contributed by atoms with Crippen LogP contribution in [0.3, 0.4) is 0 Å². The smallest absolute Gasteiger partial charge is 0.271 e. The first-order valence-corrected chi connectivity index (χ1v) is 6.45. The number of fused-ring (bicyclic) bond motifs is 1. The Morgan fingerprint density at radius 1 is 1.29 bits per heavy atom. The molecule has 0 saturated carbocycles. The molecule has 1 aliphatic rings. The van der Waals surface area contributed by atoms with Gasteiger partial charge in [-0.15, -0.1) is 11.6 Å². The zero-order chi connectivity index (χ0) is 12.1. The maximum atomic E-state index is 12.1. The molecule has 0 atom stereocenters. The average molecular weight is 254 g/mol. The molecule has 0 fully saturated rings. The summed E-state index contributed by atoms with van der Waals surface area (Å²) in [7, 11) is 0. The molecule has 17 heavy (non-hydrogen) atoms. The number of benzene rings is 1. The molecule has 2 rings (SSSR count). The number of hydrogen-bond donors (Lipinski definition) is 0. The van der Waals surface area contributed by atoms with Crippen molar-refractivity contribution in [1.29, 1.82) is 0 Å². The summed E-state index contributed by atoms with van der Waals surface area (Å²) < 4.78 is 0. The Labute approximate surface area is 106 Å². The Morgan fingerprint density at radius 2 is 2.12 bits per heavy atom. The van der Waals surface area contributed by atoms with Gasteiger partial charge >= 0.3 is 0 Å². The van der Waals surface area contributed by atoms with Crippen molar-refractivity contribution in [1.82, 2.24) is 5.06 Å². The van der Waals surface area contributed by atoms with Crippen LogP contribution in [0.1, 0.15) is 28.8 Å². The van der Waals surface area contributed by atoms with Gasteiger partial charge in [-0.1, -0.05) is 18.2 Å². The summed E-state index contributed by atoms with van der Waals surface area (Å²) in [6.45, 7) is 1.19.